The Hall–Kier alpha value is -0.600. The molecule has 2 nitrogen and oxygen atoms in total. The fraction of sp³-hybridized carbons (Fsp3) is 0.600. The van der Waals surface area contributed by atoms with Crippen LogP contribution in [0.25, 0.3) is 0 Å². The predicted octanol–water partition coefficient (Wildman–Crippen LogP) is 2.04. The second-order valence-corrected chi connectivity index (χ2v) is 2.65. The molecule has 0 amide bonds. The molecule has 0 aliphatic heterocycles. The van der Waals surface area contributed by atoms with E-state index in [-0.39, 0.29) is 0 Å². The van der Waals surface area contributed by atoms with Gasteiger partial charge in [0.25, 0.3) is 0 Å². The van der Waals surface area contributed by atoms with Crippen LogP contribution >= 0.6 is 0 Å². The molecule has 0 fully saturated rings. The zero-order chi connectivity index (χ0) is 9.23. The first-order valence-electron chi connectivity index (χ1n) is 4.37. The second kappa shape index (κ2) is 8.50. The molecule has 0 saturated carbocycles. The van der Waals surface area contributed by atoms with Gasteiger partial charge in [0, 0.05) is 19.7 Å². The van der Waals surface area contributed by atoms with Gasteiger partial charge in [-0.2, -0.15) is 0 Å². The van der Waals surface area contributed by atoms with Crippen LogP contribution in [-0.4, -0.2) is 31.3 Å². The number of ether oxygens (including phenoxy) is 1. The minimum absolute atomic E-state index is 0.672. The monoisotopic (exact) mass is 169 g/mol. The van der Waals surface area contributed by atoms with E-state index in [0.29, 0.717) is 6.73 Å². The minimum atomic E-state index is 0.672. The van der Waals surface area contributed by atoms with Crippen molar-refractivity contribution in [3.05, 3.63) is 25.3 Å². The van der Waals surface area contributed by atoms with E-state index in [0.717, 1.165) is 26.1 Å². The lowest BCUT2D eigenvalue weighted by molar-refractivity contribution is 0.0415. The molecule has 0 N–H and O–H groups in total. The summed E-state index contributed by atoms with van der Waals surface area (Å²) in [6.45, 7) is 12.7. The van der Waals surface area contributed by atoms with Gasteiger partial charge in [0.05, 0.1) is 6.73 Å². The summed E-state index contributed by atoms with van der Waals surface area (Å²) in [4.78, 5) is 2.13. The molecule has 0 radical (unpaired) electrons. The molecule has 0 heterocycles. The number of nitrogens with zero attached hydrogens (tertiary/aromatic N) is 1. The fourth-order valence-corrected chi connectivity index (χ4v) is 0.883. The maximum atomic E-state index is 5.38. The molecule has 0 aromatic heterocycles. The van der Waals surface area contributed by atoms with E-state index in [9.17, 15) is 0 Å². The third-order valence-electron chi connectivity index (χ3n) is 1.40. The van der Waals surface area contributed by atoms with Crippen LogP contribution < -0.4 is 0 Å². The fourth-order valence-electron chi connectivity index (χ4n) is 0.883. The van der Waals surface area contributed by atoms with Crippen LogP contribution in [0.2, 0.25) is 0 Å². The maximum Gasteiger partial charge on any atom is 0.0995 e. The smallest absolute Gasteiger partial charge is 0.0995 e. The summed E-state index contributed by atoms with van der Waals surface area (Å²) >= 11 is 0. The Kier molecular flexibility index (Phi) is 8.07. The summed E-state index contributed by atoms with van der Waals surface area (Å²) in [7, 11) is 0. The molecule has 0 spiro atoms. The van der Waals surface area contributed by atoms with Crippen LogP contribution in [0.15, 0.2) is 25.3 Å². The molecule has 0 unspecified atom stereocenters. The van der Waals surface area contributed by atoms with E-state index in [1.54, 1.807) is 0 Å². The molecule has 0 saturated heterocycles. The van der Waals surface area contributed by atoms with Gasteiger partial charge in [-0.05, 0) is 6.42 Å². The van der Waals surface area contributed by atoms with Crippen molar-refractivity contribution >= 4 is 0 Å². The largest absolute Gasteiger partial charge is 0.366 e. The van der Waals surface area contributed by atoms with Crippen molar-refractivity contribution in [3.63, 3.8) is 0 Å². The van der Waals surface area contributed by atoms with Crippen LogP contribution in [0.5, 0.6) is 0 Å². The number of rotatable bonds is 8. The van der Waals surface area contributed by atoms with E-state index >= 15 is 0 Å². The van der Waals surface area contributed by atoms with Gasteiger partial charge < -0.3 is 4.74 Å². The maximum absolute atomic E-state index is 5.38. The Balaban J connectivity index is 3.47. The van der Waals surface area contributed by atoms with Gasteiger partial charge in [0.15, 0.2) is 0 Å². The average Bonchev–Trinajstić information content (AvgIpc) is 2.06. The zero-order valence-corrected chi connectivity index (χ0v) is 7.96. The Labute approximate surface area is 75.5 Å². The summed E-state index contributed by atoms with van der Waals surface area (Å²) in [5.74, 6) is 0. The van der Waals surface area contributed by atoms with Gasteiger partial charge in [-0.15, -0.1) is 13.2 Å². The predicted molar refractivity (Wildman–Crippen MR) is 53.1 cm³/mol. The Bertz CT molecular complexity index is 113. The van der Waals surface area contributed by atoms with Gasteiger partial charge in [0.2, 0.25) is 0 Å². The van der Waals surface area contributed by atoms with E-state index in [4.69, 9.17) is 4.74 Å². The highest BCUT2D eigenvalue weighted by Gasteiger charge is 1.98. The molecule has 0 bridgehead atoms. The van der Waals surface area contributed by atoms with Crippen molar-refractivity contribution in [2.45, 2.75) is 13.3 Å². The van der Waals surface area contributed by atoms with E-state index in [1.165, 1.54) is 0 Å². The molecule has 2 heteroatoms. The van der Waals surface area contributed by atoms with Gasteiger partial charge in [-0.3, -0.25) is 4.90 Å². The number of hydrogen-bond donors (Lipinski definition) is 0. The molecule has 0 rings (SSSR count). The summed E-state index contributed by atoms with van der Waals surface area (Å²) < 4.78 is 5.38. The van der Waals surface area contributed by atoms with Gasteiger partial charge in [0.1, 0.15) is 0 Å². The SMILES string of the molecule is C=CCN(CC=C)COCCC. The summed E-state index contributed by atoms with van der Waals surface area (Å²) in [6, 6.07) is 0. The summed E-state index contributed by atoms with van der Waals surface area (Å²) in [5, 5.41) is 0. The molecule has 0 aliphatic rings. The van der Waals surface area contributed by atoms with Crippen LogP contribution in [0.4, 0.5) is 0 Å². The van der Waals surface area contributed by atoms with Gasteiger partial charge in [-0.25, -0.2) is 0 Å². The third kappa shape index (κ3) is 6.13. The van der Waals surface area contributed by atoms with Crippen LogP contribution in [-0.2, 0) is 4.74 Å². The Morgan fingerprint density at radius 3 is 2.25 bits per heavy atom. The molecule has 0 atom stereocenters. The standard InChI is InChI=1S/C10H19NO/c1-4-7-11(8-5-2)10-12-9-6-3/h4-5H,1-2,6-10H2,3H3. The second-order valence-electron chi connectivity index (χ2n) is 2.65. The topological polar surface area (TPSA) is 12.5 Å². The molecule has 12 heavy (non-hydrogen) atoms. The van der Waals surface area contributed by atoms with Crippen molar-refractivity contribution in [2.75, 3.05) is 26.4 Å². The van der Waals surface area contributed by atoms with E-state index < -0.39 is 0 Å². The molecular formula is C10H19NO. The first-order valence-corrected chi connectivity index (χ1v) is 4.37. The highest BCUT2D eigenvalue weighted by atomic mass is 16.5. The summed E-state index contributed by atoms with van der Waals surface area (Å²) in [5.41, 5.74) is 0. The van der Waals surface area contributed by atoms with Gasteiger partial charge in [-0.1, -0.05) is 19.1 Å². The summed E-state index contributed by atoms with van der Waals surface area (Å²) in [6.07, 6.45) is 4.81. The Morgan fingerprint density at radius 1 is 1.25 bits per heavy atom. The molecular weight excluding hydrogens is 150 g/mol. The van der Waals surface area contributed by atoms with Crippen molar-refractivity contribution in [2.24, 2.45) is 0 Å². The normalized spacial score (nSPS) is 10.2. The highest BCUT2D eigenvalue weighted by molar-refractivity contribution is 4.78. The average molecular weight is 169 g/mol. The molecule has 0 aromatic rings. The third-order valence-corrected chi connectivity index (χ3v) is 1.40. The van der Waals surface area contributed by atoms with Crippen molar-refractivity contribution < 1.29 is 4.74 Å². The van der Waals surface area contributed by atoms with Crippen molar-refractivity contribution in [1.29, 1.82) is 0 Å². The van der Waals surface area contributed by atoms with Crippen LogP contribution in [0, 0.1) is 0 Å². The van der Waals surface area contributed by atoms with E-state index in [1.807, 2.05) is 12.2 Å². The van der Waals surface area contributed by atoms with Crippen LogP contribution in [0.3, 0.4) is 0 Å². The van der Waals surface area contributed by atoms with Crippen LogP contribution in [0.1, 0.15) is 13.3 Å². The van der Waals surface area contributed by atoms with Crippen molar-refractivity contribution in [3.8, 4) is 0 Å². The lowest BCUT2D eigenvalue weighted by atomic mass is 10.5. The minimum Gasteiger partial charge on any atom is -0.366 e. The zero-order valence-electron chi connectivity index (χ0n) is 7.96. The van der Waals surface area contributed by atoms with E-state index in [2.05, 4.69) is 25.0 Å². The molecule has 0 aliphatic carbocycles. The molecule has 70 valence electrons. The van der Waals surface area contributed by atoms with Gasteiger partial charge >= 0.3 is 0 Å². The van der Waals surface area contributed by atoms with Crippen molar-refractivity contribution in [1.82, 2.24) is 4.90 Å². The quantitative estimate of drug-likeness (QED) is 0.313. The lowest BCUT2D eigenvalue weighted by Gasteiger charge is -2.18. The highest BCUT2D eigenvalue weighted by Crippen LogP contribution is 1.90. The first-order chi connectivity index (χ1) is 5.85. The lowest BCUT2D eigenvalue weighted by Crippen LogP contribution is -2.26. The Morgan fingerprint density at radius 2 is 1.83 bits per heavy atom. The molecule has 0 aromatic carbocycles. The first kappa shape index (κ1) is 11.4. The number of hydrogen-bond acceptors (Lipinski definition) is 2.